The normalized spacial score (nSPS) is 10.1. The first kappa shape index (κ1) is 11.7. The number of carbonyl (C=O) groups excluding carboxylic acids is 1. The molecule has 1 aromatic carbocycles. The molecule has 15 heavy (non-hydrogen) atoms. The summed E-state index contributed by atoms with van der Waals surface area (Å²) in [6, 6.07) is 5.88. The number of hydrogen-bond acceptors (Lipinski definition) is 1. The van der Waals surface area contributed by atoms with E-state index in [1.54, 1.807) is 0 Å². The molecule has 0 saturated heterocycles. The van der Waals surface area contributed by atoms with Crippen molar-refractivity contribution in [2.45, 2.75) is 33.6 Å². The van der Waals surface area contributed by atoms with E-state index >= 15 is 0 Å². The fraction of sp³-hybridized carbons (Fsp3) is 0.357. The van der Waals surface area contributed by atoms with E-state index in [1.165, 1.54) is 11.1 Å². The van der Waals surface area contributed by atoms with Crippen LogP contribution in [-0.2, 0) is 0 Å². The van der Waals surface area contributed by atoms with E-state index in [9.17, 15) is 4.79 Å². The Balaban J connectivity index is 2.74. The fourth-order valence-corrected chi connectivity index (χ4v) is 1.39. The van der Waals surface area contributed by atoms with Crippen molar-refractivity contribution < 1.29 is 4.79 Å². The van der Waals surface area contributed by atoms with Crippen LogP contribution in [0.3, 0.4) is 0 Å². The SMILES string of the molecule is C=C(C)CCC(=O)c1ccc(C)c(C)c1. The van der Waals surface area contributed by atoms with Crippen molar-refractivity contribution in [2.75, 3.05) is 0 Å². The largest absolute Gasteiger partial charge is 0.294 e. The lowest BCUT2D eigenvalue weighted by Gasteiger charge is -2.04. The summed E-state index contributed by atoms with van der Waals surface area (Å²) < 4.78 is 0. The van der Waals surface area contributed by atoms with Gasteiger partial charge in [0.05, 0.1) is 0 Å². The van der Waals surface area contributed by atoms with Crippen LogP contribution < -0.4 is 0 Å². The molecule has 0 radical (unpaired) electrons. The van der Waals surface area contributed by atoms with Crippen LogP contribution >= 0.6 is 0 Å². The zero-order valence-electron chi connectivity index (χ0n) is 9.76. The van der Waals surface area contributed by atoms with Gasteiger partial charge in [-0.25, -0.2) is 0 Å². The van der Waals surface area contributed by atoms with Gasteiger partial charge in [-0.1, -0.05) is 17.7 Å². The molecule has 1 nitrogen and oxygen atoms in total. The molecule has 0 heterocycles. The van der Waals surface area contributed by atoms with Gasteiger partial charge < -0.3 is 0 Å². The Bertz CT molecular complexity index is 388. The molecule has 0 unspecified atom stereocenters. The van der Waals surface area contributed by atoms with Gasteiger partial charge in [-0.15, -0.1) is 6.58 Å². The van der Waals surface area contributed by atoms with Gasteiger partial charge in [0.2, 0.25) is 0 Å². The van der Waals surface area contributed by atoms with Gasteiger partial charge in [0.25, 0.3) is 0 Å². The Kier molecular flexibility index (Phi) is 3.84. The maximum atomic E-state index is 11.8. The van der Waals surface area contributed by atoms with E-state index in [0.29, 0.717) is 6.42 Å². The van der Waals surface area contributed by atoms with E-state index in [4.69, 9.17) is 0 Å². The number of carbonyl (C=O) groups is 1. The number of ketones is 1. The summed E-state index contributed by atoms with van der Waals surface area (Å²) in [6.45, 7) is 9.84. The third kappa shape index (κ3) is 3.35. The average Bonchev–Trinajstić information content (AvgIpc) is 2.18. The van der Waals surface area contributed by atoms with Gasteiger partial charge in [-0.05, 0) is 44.4 Å². The number of aryl methyl sites for hydroxylation is 2. The highest BCUT2D eigenvalue weighted by Crippen LogP contribution is 2.13. The first-order chi connectivity index (χ1) is 7.00. The molecule has 0 saturated carbocycles. The molecule has 0 bridgehead atoms. The third-order valence-electron chi connectivity index (χ3n) is 2.61. The minimum absolute atomic E-state index is 0.209. The monoisotopic (exact) mass is 202 g/mol. The van der Waals surface area contributed by atoms with E-state index in [1.807, 2.05) is 32.0 Å². The highest BCUT2D eigenvalue weighted by Gasteiger charge is 2.06. The van der Waals surface area contributed by atoms with Gasteiger partial charge in [-0.3, -0.25) is 4.79 Å². The van der Waals surface area contributed by atoms with Crippen LogP contribution in [-0.4, -0.2) is 5.78 Å². The molecule has 0 aromatic heterocycles. The maximum absolute atomic E-state index is 11.8. The molecular weight excluding hydrogens is 184 g/mol. The van der Waals surface area contributed by atoms with E-state index in [-0.39, 0.29) is 5.78 Å². The van der Waals surface area contributed by atoms with Gasteiger partial charge in [0, 0.05) is 12.0 Å². The summed E-state index contributed by atoms with van der Waals surface area (Å²) in [5, 5.41) is 0. The Labute approximate surface area is 91.8 Å². The number of rotatable bonds is 4. The first-order valence-corrected chi connectivity index (χ1v) is 5.25. The van der Waals surface area contributed by atoms with E-state index < -0.39 is 0 Å². The summed E-state index contributed by atoms with van der Waals surface area (Å²) in [7, 11) is 0. The molecule has 1 aromatic rings. The Morgan fingerprint density at radius 3 is 2.40 bits per heavy atom. The average molecular weight is 202 g/mol. The fourth-order valence-electron chi connectivity index (χ4n) is 1.39. The second kappa shape index (κ2) is 4.92. The van der Waals surface area contributed by atoms with Crippen LogP contribution in [0.15, 0.2) is 30.4 Å². The van der Waals surface area contributed by atoms with Gasteiger partial charge in [-0.2, -0.15) is 0 Å². The molecule has 0 atom stereocenters. The molecule has 0 aliphatic heterocycles. The van der Waals surface area contributed by atoms with Crippen molar-refractivity contribution >= 4 is 5.78 Å². The Morgan fingerprint density at radius 2 is 1.87 bits per heavy atom. The number of allylic oxidation sites excluding steroid dienone is 1. The molecule has 0 N–H and O–H groups in total. The predicted molar refractivity (Wildman–Crippen MR) is 64.3 cm³/mol. The lowest BCUT2D eigenvalue weighted by atomic mass is 10.0. The molecular formula is C14H18O. The van der Waals surface area contributed by atoms with Crippen LogP contribution in [0.4, 0.5) is 0 Å². The molecule has 80 valence electrons. The standard InChI is InChI=1S/C14H18O/c1-10(2)5-8-14(15)13-7-6-11(3)12(4)9-13/h6-7,9H,1,5,8H2,2-4H3. The van der Waals surface area contributed by atoms with Crippen molar-refractivity contribution in [2.24, 2.45) is 0 Å². The smallest absolute Gasteiger partial charge is 0.163 e. The van der Waals surface area contributed by atoms with Crippen molar-refractivity contribution in [1.82, 2.24) is 0 Å². The molecule has 0 spiro atoms. The lowest BCUT2D eigenvalue weighted by molar-refractivity contribution is 0.0982. The first-order valence-electron chi connectivity index (χ1n) is 5.25. The minimum Gasteiger partial charge on any atom is -0.294 e. The van der Waals surface area contributed by atoms with Crippen LogP contribution in [0.5, 0.6) is 0 Å². The van der Waals surface area contributed by atoms with E-state index in [2.05, 4.69) is 13.5 Å². The highest BCUT2D eigenvalue weighted by molar-refractivity contribution is 5.96. The third-order valence-corrected chi connectivity index (χ3v) is 2.61. The van der Waals surface area contributed by atoms with Crippen LogP contribution in [0.25, 0.3) is 0 Å². The molecule has 0 aliphatic rings. The predicted octanol–water partition coefficient (Wildman–Crippen LogP) is 3.84. The number of hydrogen-bond donors (Lipinski definition) is 0. The summed E-state index contributed by atoms with van der Waals surface area (Å²) in [5.41, 5.74) is 4.29. The number of benzene rings is 1. The van der Waals surface area contributed by atoms with Gasteiger partial charge >= 0.3 is 0 Å². The zero-order valence-corrected chi connectivity index (χ0v) is 9.76. The van der Waals surface area contributed by atoms with Crippen molar-refractivity contribution in [3.05, 3.63) is 47.0 Å². The second-order valence-corrected chi connectivity index (χ2v) is 4.18. The summed E-state index contributed by atoms with van der Waals surface area (Å²) in [5.74, 6) is 0.209. The number of Topliss-reactive ketones (excluding diaryl/α,β-unsaturated/α-hetero) is 1. The Morgan fingerprint density at radius 1 is 1.20 bits per heavy atom. The zero-order chi connectivity index (χ0) is 11.4. The second-order valence-electron chi connectivity index (χ2n) is 4.18. The summed E-state index contributed by atoms with van der Waals surface area (Å²) in [6.07, 6.45) is 1.35. The molecule has 0 aliphatic carbocycles. The van der Waals surface area contributed by atoms with Gasteiger partial charge in [0.15, 0.2) is 5.78 Å². The van der Waals surface area contributed by atoms with Crippen LogP contribution in [0.1, 0.15) is 41.3 Å². The molecule has 1 heteroatoms. The summed E-state index contributed by atoms with van der Waals surface area (Å²) >= 11 is 0. The summed E-state index contributed by atoms with van der Waals surface area (Å²) in [4.78, 5) is 11.8. The lowest BCUT2D eigenvalue weighted by Crippen LogP contribution is -2.00. The molecule has 0 amide bonds. The van der Waals surface area contributed by atoms with Gasteiger partial charge in [0.1, 0.15) is 0 Å². The maximum Gasteiger partial charge on any atom is 0.163 e. The quantitative estimate of drug-likeness (QED) is 0.535. The molecule has 0 fully saturated rings. The van der Waals surface area contributed by atoms with Crippen LogP contribution in [0.2, 0.25) is 0 Å². The topological polar surface area (TPSA) is 17.1 Å². The van der Waals surface area contributed by atoms with E-state index in [0.717, 1.165) is 17.6 Å². The van der Waals surface area contributed by atoms with Crippen LogP contribution in [0, 0.1) is 13.8 Å². The minimum atomic E-state index is 0.209. The van der Waals surface area contributed by atoms with Crippen molar-refractivity contribution in [1.29, 1.82) is 0 Å². The van der Waals surface area contributed by atoms with Crippen molar-refractivity contribution in [3.8, 4) is 0 Å². The highest BCUT2D eigenvalue weighted by atomic mass is 16.1. The van der Waals surface area contributed by atoms with Crippen molar-refractivity contribution in [3.63, 3.8) is 0 Å². The Hall–Kier alpha value is -1.37. The molecule has 1 rings (SSSR count).